The van der Waals surface area contributed by atoms with Crippen molar-refractivity contribution in [2.24, 2.45) is 0 Å². The van der Waals surface area contributed by atoms with Crippen LogP contribution in [-0.4, -0.2) is 15.8 Å². The molecule has 0 saturated heterocycles. The van der Waals surface area contributed by atoms with Crippen molar-refractivity contribution in [3.05, 3.63) is 51.1 Å². The largest absolute Gasteiger partial charge is 0.324 e. The molecule has 6 nitrogen and oxygen atoms in total. The number of carbonyl (C=O) groups is 1. The average molecular weight is 273 g/mol. The minimum absolute atomic E-state index is 0.0557. The molecule has 3 heterocycles. The standard InChI is InChI=1S/C12H7N3O3S/c16-12-9(8-3-4-13-6-10(8)14-12)5-7-1-2-11(19-7)15(17)18/h1-6H,(H,14,16). The van der Waals surface area contributed by atoms with Crippen molar-refractivity contribution >= 4 is 39.6 Å². The molecule has 2 aromatic heterocycles. The van der Waals surface area contributed by atoms with Crippen molar-refractivity contribution in [3.63, 3.8) is 0 Å². The van der Waals surface area contributed by atoms with E-state index in [1.54, 1.807) is 30.6 Å². The fourth-order valence-electron chi connectivity index (χ4n) is 1.84. The van der Waals surface area contributed by atoms with Crippen molar-refractivity contribution in [3.8, 4) is 0 Å². The summed E-state index contributed by atoms with van der Waals surface area (Å²) in [5.74, 6) is -0.223. The van der Waals surface area contributed by atoms with E-state index in [1.807, 2.05) is 0 Å². The SMILES string of the molecule is O=C1Nc2cnccc2C1=Cc1ccc([N+](=O)[O-])s1. The number of rotatable bonds is 2. The number of carbonyl (C=O) groups excluding carboxylic acids is 1. The molecule has 7 heteroatoms. The Bertz CT molecular complexity index is 721. The van der Waals surface area contributed by atoms with Gasteiger partial charge in [-0.3, -0.25) is 19.9 Å². The van der Waals surface area contributed by atoms with Gasteiger partial charge in [-0.25, -0.2) is 0 Å². The topological polar surface area (TPSA) is 85.1 Å². The first-order valence-electron chi connectivity index (χ1n) is 5.37. The molecule has 3 rings (SSSR count). The van der Waals surface area contributed by atoms with Gasteiger partial charge in [-0.15, -0.1) is 0 Å². The van der Waals surface area contributed by atoms with Crippen molar-refractivity contribution in [2.75, 3.05) is 5.32 Å². The van der Waals surface area contributed by atoms with Gasteiger partial charge < -0.3 is 5.32 Å². The first-order chi connectivity index (χ1) is 9.15. The zero-order chi connectivity index (χ0) is 13.4. The number of anilines is 1. The van der Waals surface area contributed by atoms with Crippen molar-refractivity contribution in [2.45, 2.75) is 0 Å². The number of aromatic nitrogens is 1. The lowest BCUT2D eigenvalue weighted by Gasteiger charge is -1.95. The molecule has 19 heavy (non-hydrogen) atoms. The highest BCUT2D eigenvalue weighted by Gasteiger charge is 2.24. The molecule has 1 amide bonds. The number of nitrogens with zero attached hydrogens (tertiary/aromatic N) is 2. The van der Waals surface area contributed by atoms with Crippen LogP contribution in [0.4, 0.5) is 10.7 Å². The van der Waals surface area contributed by atoms with Gasteiger partial charge in [0.15, 0.2) is 0 Å². The van der Waals surface area contributed by atoms with Gasteiger partial charge in [-0.2, -0.15) is 0 Å². The number of hydrogen-bond acceptors (Lipinski definition) is 5. The third-order valence-corrected chi connectivity index (χ3v) is 3.67. The van der Waals surface area contributed by atoms with Crippen LogP contribution >= 0.6 is 11.3 Å². The minimum atomic E-state index is -0.445. The second-order valence-corrected chi connectivity index (χ2v) is 4.96. The molecule has 0 saturated carbocycles. The molecule has 94 valence electrons. The lowest BCUT2D eigenvalue weighted by atomic mass is 10.1. The molecular formula is C12H7N3O3S. The fraction of sp³-hybridized carbons (Fsp3) is 0. The first kappa shape index (κ1) is 11.5. The highest BCUT2D eigenvalue weighted by Crippen LogP contribution is 2.34. The van der Waals surface area contributed by atoms with E-state index in [-0.39, 0.29) is 10.9 Å². The number of pyridine rings is 1. The van der Waals surface area contributed by atoms with Crippen molar-refractivity contribution in [1.29, 1.82) is 0 Å². The summed E-state index contributed by atoms with van der Waals surface area (Å²) in [6.45, 7) is 0. The first-order valence-corrected chi connectivity index (χ1v) is 6.18. The summed E-state index contributed by atoms with van der Waals surface area (Å²) in [4.78, 5) is 26.6. The van der Waals surface area contributed by atoms with Crippen LogP contribution in [0, 0.1) is 10.1 Å². The van der Waals surface area contributed by atoms with Crippen LogP contribution in [0.5, 0.6) is 0 Å². The number of nitro groups is 1. The molecule has 0 atom stereocenters. The molecule has 0 aliphatic carbocycles. The van der Waals surface area contributed by atoms with Gasteiger partial charge in [0, 0.05) is 22.7 Å². The Morgan fingerprint density at radius 3 is 2.95 bits per heavy atom. The van der Waals surface area contributed by atoms with Gasteiger partial charge in [0.25, 0.3) is 5.91 Å². The Balaban J connectivity index is 2.03. The number of nitrogens with one attached hydrogen (secondary N) is 1. The van der Waals surface area contributed by atoms with E-state index < -0.39 is 4.92 Å². The van der Waals surface area contributed by atoms with Crippen molar-refractivity contribution in [1.82, 2.24) is 4.98 Å². The summed E-state index contributed by atoms with van der Waals surface area (Å²) < 4.78 is 0. The van der Waals surface area contributed by atoms with E-state index >= 15 is 0 Å². The zero-order valence-electron chi connectivity index (χ0n) is 9.49. The lowest BCUT2D eigenvalue weighted by molar-refractivity contribution is -0.380. The maximum absolute atomic E-state index is 11.8. The smallest absolute Gasteiger partial charge is 0.320 e. The molecule has 0 spiro atoms. The van der Waals surface area contributed by atoms with Crippen LogP contribution in [0.2, 0.25) is 0 Å². The summed E-state index contributed by atoms with van der Waals surface area (Å²) in [7, 11) is 0. The Morgan fingerprint density at radius 2 is 2.21 bits per heavy atom. The highest BCUT2D eigenvalue weighted by atomic mass is 32.1. The van der Waals surface area contributed by atoms with E-state index in [9.17, 15) is 14.9 Å². The van der Waals surface area contributed by atoms with Crippen LogP contribution in [0.3, 0.4) is 0 Å². The third-order valence-electron chi connectivity index (χ3n) is 2.68. The minimum Gasteiger partial charge on any atom is -0.320 e. The zero-order valence-corrected chi connectivity index (χ0v) is 10.3. The fourth-order valence-corrected chi connectivity index (χ4v) is 2.61. The number of amides is 1. The average Bonchev–Trinajstić information content (AvgIpc) is 2.96. The Kier molecular flexibility index (Phi) is 2.60. The molecule has 0 aromatic carbocycles. The molecule has 0 radical (unpaired) electrons. The summed E-state index contributed by atoms with van der Waals surface area (Å²) in [6.07, 6.45) is 4.83. The molecule has 1 N–H and O–H groups in total. The second-order valence-electron chi connectivity index (χ2n) is 3.87. The maximum atomic E-state index is 11.8. The van der Waals surface area contributed by atoms with Gasteiger partial charge in [0.2, 0.25) is 0 Å². The van der Waals surface area contributed by atoms with E-state index in [0.717, 1.165) is 16.9 Å². The Labute approximate surface area is 111 Å². The summed E-state index contributed by atoms with van der Waals surface area (Å²) in [5, 5.41) is 13.4. The molecule has 1 aliphatic rings. The second kappa shape index (κ2) is 4.29. The normalized spacial score (nSPS) is 15.4. The van der Waals surface area contributed by atoms with E-state index in [1.165, 1.54) is 6.07 Å². The number of hydrogen-bond donors (Lipinski definition) is 1. The van der Waals surface area contributed by atoms with E-state index in [0.29, 0.717) is 16.1 Å². The highest BCUT2D eigenvalue weighted by molar-refractivity contribution is 7.16. The van der Waals surface area contributed by atoms with Gasteiger partial charge >= 0.3 is 5.00 Å². The van der Waals surface area contributed by atoms with Crippen LogP contribution in [0.1, 0.15) is 10.4 Å². The predicted molar refractivity (Wildman–Crippen MR) is 71.7 cm³/mol. The van der Waals surface area contributed by atoms with Gasteiger partial charge in [-0.05, 0) is 18.2 Å². The molecule has 0 bridgehead atoms. The Hall–Kier alpha value is -2.54. The van der Waals surface area contributed by atoms with Crippen LogP contribution in [0.25, 0.3) is 11.6 Å². The lowest BCUT2D eigenvalue weighted by Crippen LogP contribution is -2.03. The van der Waals surface area contributed by atoms with Crippen LogP contribution in [-0.2, 0) is 4.79 Å². The number of thiophene rings is 1. The van der Waals surface area contributed by atoms with Crippen molar-refractivity contribution < 1.29 is 9.72 Å². The summed E-state index contributed by atoms with van der Waals surface area (Å²) in [5.41, 5.74) is 1.91. The monoisotopic (exact) mass is 273 g/mol. The maximum Gasteiger partial charge on any atom is 0.324 e. The molecule has 1 aliphatic heterocycles. The molecular weight excluding hydrogens is 266 g/mol. The summed E-state index contributed by atoms with van der Waals surface area (Å²) in [6, 6.07) is 4.79. The van der Waals surface area contributed by atoms with E-state index in [4.69, 9.17) is 0 Å². The quantitative estimate of drug-likeness (QED) is 0.517. The van der Waals surface area contributed by atoms with Gasteiger partial charge in [0.1, 0.15) is 0 Å². The predicted octanol–water partition coefficient (Wildman–Crippen LogP) is 2.54. The number of fused-ring (bicyclic) bond motifs is 1. The van der Waals surface area contributed by atoms with E-state index in [2.05, 4.69) is 10.3 Å². The Morgan fingerprint density at radius 1 is 1.37 bits per heavy atom. The third kappa shape index (κ3) is 2.00. The molecule has 0 fully saturated rings. The molecule has 2 aromatic rings. The molecule has 0 unspecified atom stereocenters. The van der Waals surface area contributed by atoms with Crippen LogP contribution < -0.4 is 5.32 Å². The summed E-state index contributed by atoms with van der Waals surface area (Å²) >= 11 is 1.03. The van der Waals surface area contributed by atoms with Gasteiger partial charge in [-0.1, -0.05) is 11.3 Å². The van der Waals surface area contributed by atoms with Gasteiger partial charge in [0.05, 0.1) is 22.4 Å². The van der Waals surface area contributed by atoms with Crippen LogP contribution in [0.15, 0.2) is 30.6 Å².